The molecule has 1 aromatic rings. The Labute approximate surface area is 168 Å². The average molecular weight is 383 g/mol. The van der Waals surface area contributed by atoms with E-state index in [4.69, 9.17) is 4.74 Å². The molecule has 1 aromatic carbocycles. The minimum Gasteiger partial charge on any atom is -0.374 e. The van der Waals surface area contributed by atoms with Crippen LogP contribution in [0.1, 0.15) is 19.4 Å². The fraction of sp³-hybridized carbons (Fsp3) is 0.304. The minimum atomic E-state index is -0.662. The molecular formula is C23H30N2O3. The molecule has 0 aromatic heterocycles. The topological polar surface area (TPSA) is 58.6 Å². The number of carbonyl (C=O) groups excluding carboxylic acids is 2. The Kier molecular flexibility index (Phi) is 13.3. The molecule has 0 radical (unpaired) electrons. The number of ether oxygens (including phenoxy) is 1. The van der Waals surface area contributed by atoms with E-state index in [1.807, 2.05) is 44.2 Å². The number of allylic oxidation sites excluding steroid dienone is 2. The van der Waals surface area contributed by atoms with Crippen molar-refractivity contribution < 1.29 is 14.3 Å². The van der Waals surface area contributed by atoms with Crippen LogP contribution < -0.4 is 5.32 Å². The Morgan fingerprint density at radius 3 is 2.46 bits per heavy atom. The first-order valence-electron chi connectivity index (χ1n) is 9.11. The van der Waals surface area contributed by atoms with Crippen molar-refractivity contribution in [3.8, 4) is 12.8 Å². The van der Waals surface area contributed by atoms with Crippen molar-refractivity contribution >= 4 is 11.8 Å². The molecule has 5 nitrogen and oxygen atoms in total. The van der Waals surface area contributed by atoms with Gasteiger partial charge < -0.3 is 15.0 Å². The van der Waals surface area contributed by atoms with Gasteiger partial charge in [-0.25, -0.2) is 0 Å². The number of carbonyl (C=O) groups is 2. The van der Waals surface area contributed by atoms with Crippen LogP contribution in [0.25, 0.3) is 0 Å². The van der Waals surface area contributed by atoms with Crippen molar-refractivity contribution in [1.82, 2.24) is 10.2 Å². The number of piperazine rings is 1. The van der Waals surface area contributed by atoms with Gasteiger partial charge in [-0.15, -0.1) is 12.8 Å². The van der Waals surface area contributed by atoms with Gasteiger partial charge in [-0.05, 0) is 11.1 Å². The fourth-order valence-corrected chi connectivity index (χ4v) is 2.45. The highest BCUT2D eigenvalue weighted by atomic mass is 16.5. The summed E-state index contributed by atoms with van der Waals surface area (Å²) in [4.78, 5) is 26.0. The molecule has 1 saturated heterocycles. The maximum atomic E-state index is 12.5. The summed E-state index contributed by atoms with van der Waals surface area (Å²) in [5.41, 5.74) is 1.85. The molecule has 1 heterocycles. The summed E-state index contributed by atoms with van der Waals surface area (Å²) >= 11 is 0. The van der Waals surface area contributed by atoms with Crippen molar-refractivity contribution in [2.24, 2.45) is 0 Å². The smallest absolute Gasteiger partial charge is 0.248 e. The standard InChI is InChI=1S/C19H22N2O3.C2H6.C2H2/c1-3-8-15(4-2)13-24-14-17-19(23)21(12-18(22)20-17)11-16-9-6-5-7-10-16;2*1-2/h3-10,17H,1-2,11-14H2,(H,20,22);1-2H3;1-2H/b15-8+;;/t17-;;/m0../s1. The second-order valence-electron chi connectivity index (χ2n) is 5.50. The third-order valence-electron chi connectivity index (χ3n) is 3.64. The van der Waals surface area contributed by atoms with E-state index in [0.29, 0.717) is 13.2 Å². The van der Waals surface area contributed by atoms with E-state index in [2.05, 4.69) is 31.3 Å². The first kappa shape index (κ1) is 24.9. The van der Waals surface area contributed by atoms with Gasteiger partial charge in [0, 0.05) is 6.54 Å². The van der Waals surface area contributed by atoms with Gasteiger partial charge in [0.2, 0.25) is 11.8 Å². The zero-order valence-electron chi connectivity index (χ0n) is 16.8. The lowest BCUT2D eigenvalue weighted by Gasteiger charge is -2.32. The first-order valence-corrected chi connectivity index (χ1v) is 9.11. The van der Waals surface area contributed by atoms with Crippen LogP contribution in [0.2, 0.25) is 0 Å². The Balaban J connectivity index is 0.00000171. The lowest BCUT2D eigenvalue weighted by atomic mass is 10.1. The number of terminal acetylenes is 1. The quantitative estimate of drug-likeness (QED) is 0.555. The molecule has 1 fully saturated rings. The van der Waals surface area contributed by atoms with Crippen LogP contribution in [-0.4, -0.2) is 42.5 Å². The fourth-order valence-electron chi connectivity index (χ4n) is 2.45. The van der Waals surface area contributed by atoms with Crippen molar-refractivity contribution in [3.05, 3.63) is 72.9 Å². The molecule has 1 aliphatic heterocycles. The molecule has 2 rings (SSSR count). The number of nitrogens with one attached hydrogen (secondary N) is 1. The van der Waals surface area contributed by atoms with Crippen molar-refractivity contribution in [3.63, 3.8) is 0 Å². The molecule has 0 spiro atoms. The molecule has 0 saturated carbocycles. The molecule has 1 N–H and O–H groups in total. The van der Waals surface area contributed by atoms with Crippen LogP contribution in [0.5, 0.6) is 0 Å². The highest BCUT2D eigenvalue weighted by Gasteiger charge is 2.32. The molecule has 0 unspecified atom stereocenters. The van der Waals surface area contributed by atoms with E-state index in [1.54, 1.807) is 23.1 Å². The molecule has 28 heavy (non-hydrogen) atoms. The normalized spacial score (nSPS) is 15.9. The second kappa shape index (κ2) is 15.0. The Morgan fingerprint density at radius 1 is 1.25 bits per heavy atom. The van der Waals surface area contributed by atoms with Gasteiger partial charge in [0.05, 0.1) is 19.8 Å². The van der Waals surface area contributed by atoms with Gasteiger partial charge in [-0.3, -0.25) is 9.59 Å². The summed E-state index contributed by atoms with van der Waals surface area (Å²) in [6.45, 7) is 12.2. The largest absolute Gasteiger partial charge is 0.374 e. The highest BCUT2D eigenvalue weighted by Crippen LogP contribution is 2.10. The summed E-state index contributed by atoms with van der Waals surface area (Å²) in [6, 6.07) is 8.94. The van der Waals surface area contributed by atoms with Crippen LogP contribution in [0, 0.1) is 12.8 Å². The zero-order valence-corrected chi connectivity index (χ0v) is 16.8. The minimum absolute atomic E-state index is 0.0680. The number of benzene rings is 1. The van der Waals surface area contributed by atoms with Gasteiger partial charge in [0.25, 0.3) is 0 Å². The number of hydrogen-bond acceptors (Lipinski definition) is 3. The number of rotatable bonds is 8. The zero-order chi connectivity index (χ0) is 21.4. The molecule has 0 aliphatic carbocycles. The van der Waals surface area contributed by atoms with Crippen LogP contribution >= 0.6 is 0 Å². The molecule has 2 amide bonds. The van der Waals surface area contributed by atoms with E-state index in [9.17, 15) is 9.59 Å². The summed E-state index contributed by atoms with van der Waals surface area (Å²) < 4.78 is 5.55. The second-order valence-corrected chi connectivity index (χ2v) is 5.50. The molecule has 5 heteroatoms. The summed E-state index contributed by atoms with van der Waals surface area (Å²) in [7, 11) is 0. The van der Waals surface area contributed by atoms with E-state index < -0.39 is 6.04 Å². The van der Waals surface area contributed by atoms with Crippen LogP contribution in [0.15, 0.2) is 67.3 Å². The number of hydrogen-bond donors (Lipinski definition) is 1. The molecule has 1 aliphatic rings. The Morgan fingerprint density at radius 2 is 1.89 bits per heavy atom. The van der Waals surface area contributed by atoms with Crippen LogP contribution in [0.3, 0.4) is 0 Å². The van der Waals surface area contributed by atoms with Gasteiger partial charge in [-0.1, -0.05) is 75.6 Å². The van der Waals surface area contributed by atoms with Gasteiger partial charge >= 0.3 is 0 Å². The van der Waals surface area contributed by atoms with E-state index in [0.717, 1.165) is 11.1 Å². The Hall–Kier alpha value is -3.10. The Bertz CT molecular complexity index is 678. The van der Waals surface area contributed by atoms with Crippen LogP contribution in [-0.2, 0) is 20.9 Å². The lowest BCUT2D eigenvalue weighted by Crippen LogP contribution is -2.59. The highest BCUT2D eigenvalue weighted by molar-refractivity contribution is 5.94. The third-order valence-corrected chi connectivity index (χ3v) is 3.64. The average Bonchev–Trinajstić information content (AvgIpc) is 2.74. The van der Waals surface area contributed by atoms with Gasteiger partial charge in [0.15, 0.2) is 0 Å². The SMILES string of the molecule is C#C.C=C/C=C(\C=C)COC[C@@H]1NC(=O)CN(Cc2ccccc2)C1=O.CC. The lowest BCUT2D eigenvalue weighted by molar-refractivity contribution is -0.146. The molecular weight excluding hydrogens is 352 g/mol. The van der Waals surface area contributed by atoms with E-state index in [1.165, 1.54) is 0 Å². The van der Waals surface area contributed by atoms with Crippen molar-refractivity contribution in [1.29, 1.82) is 0 Å². The van der Waals surface area contributed by atoms with E-state index in [-0.39, 0.29) is 25.0 Å². The first-order chi connectivity index (χ1) is 13.6. The summed E-state index contributed by atoms with van der Waals surface area (Å²) in [5, 5.41) is 2.69. The molecule has 1 atom stereocenters. The van der Waals surface area contributed by atoms with Gasteiger partial charge in [0.1, 0.15) is 6.04 Å². The van der Waals surface area contributed by atoms with Gasteiger partial charge in [-0.2, -0.15) is 0 Å². The van der Waals surface area contributed by atoms with Crippen LogP contribution in [0.4, 0.5) is 0 Å². The maximum Gasteiger partial charge on any atom is 0.248 e. The predicted octanol–water partition coefficient (Wildman–Crippen LogP) is 3.10. The number of amides is 2. The monoisotopic (exact) mass is 382 g/mol. The number of nitrogens with zero attached hydrogens (tertiary/aromatic N) is 1. The van der Waals surface area contributed by atoms with Crippen molar-refractivity contribution in [2.75, 3.05) is 19.8 Å². The third kappa shape index (κ3) is 8.52. The molecule has 0 bridgehead atoms. The summed E-state index contributed by atoms with van der Waals surface area (Å²) in [5.74, 6) is -0.309. The maximum absolute atomic E-state index is 12.5. The van der Waals surface area contributed by atoms with E-state index >= 15 is 0 Å². The molecule has 150 valence electrons. The predicted molar refractivity (Wildman–Crippen MR) is 114 cm³/mol. The van der Waals surface area contributed by atoms with Crippen molar-refractivity contribution in [2.45, 2.75) is 26.4 Å². The summed E-state index contributed by atoms with van der Waals surface area (Å²) in [6.07, 6.45) is 13.1.